The normalized spacial score (nSPS) is 24.2. The van der Waals surface area contributed by atoms with Gasteiger partial charge in [-0.1, -0.05) is 6.07 Å². The Bertz CT molecular complexity index is 538. The molecular formula is C13H12O6. The van der Waals surface area contributed by atoms with Gasteiger partial charge in [0.25, 0.3) is 0 Å². The second-order valence-corrected chi connectivity index (χ2v) is 4.36. The van der Waals surface area contributed by atoms with Gasteiger partial charge >= 0.3 is 11.9 Å². The van der Waals surface area contributed by atoms with E-state index in [9.17, 15) is 9.59 Å². The number of benzene rings is 1. The molecule has 1 aromatic carbocycles. The second kappa shape index (κ2) is 4.46. The van der Waals surface area contributed by atoms with Crippen molar-refractivity contribution in [2.45, 2.75) is 12.5 Å². The first-order valence-corrected chi connectivity index (χ1v) is 5.86. The monoisotopic (exact) mass is 264 g/mol. The van der Waals surface area contributed by atoms with Crippen LogP contribution in [0.3, 0.4) is 0 Å². The largest absolute Gasteiger partial charge is 0.469 e. The number of esters is 2. The number of cyclic esters (lactones) is 1. The molecule has 2 aliphatic rings. The molecule has 0 saturated carbocycles. The molecule has 0 N–H and O–H groups in total. The smallest absolute Gasteiger partial charge is 0.313 e. The summed E-state index contributed by atoms with van der Waals surface area (Å²) in [5.41, 5.74) is 0.700. The summed E-state index contributed by atoms with van der Waals surface area (Å²) in [5, 5.41) is 0. The van der Waals surface area contributed by atoms with Gasteiger partial charge in [0.2, 0.25) is 6.79 Å². The van der Waals surface area contributed by atoms with Crippen LogP contribution in [0.2, 0.25) is 0 Å². The van der Waals surface area contributed by atoms with Crippen LogP contribution in [0.15, 0.2) is 18.2 Å². The maximum atomic E-state index is 11.7. The molecule has 0 radical (unpaired) electrons. The van der Waals surface area contributed by atoms with Crippen molar-refractivity contribution in [1.29, 1.82) is 0 Å². The standard InChI is InChI=1S/C13H12O6/c1-16-13(15)8-5-11(14)19-12(8)7-2-3-9-10(4-7)18-6-17-9/h2-4,8,12H,5-6H2,1H3/t8-,12+/m0/s1. The molecule has 6 heteroatoms. The molecule has 3 rings (SSSR count). The molecule has 1 aromatic rings. The van der Waals surface area contributed by atoms with Crippen LogP contribution in [0.4, 0.5) is 0 Å². The number of rotatable bonds is 2. The van der Waals surface area contributed by atoms with Crippen molar-refractivity contribution >= 4 is 11.9 Å². The summed E-state index contributed by atoms with van der Waals surface area (Å²) >= 11 is 0. The van der Waals surface area contributed by atoms with Crippen molar-refractivity contribution in [3.63, 3.8) is 0 Å². The van der Waals surface area contributed by atoms with E-state index in [1.54, 1.807) is 18.2 Å². The van der Waals surface area contributed by atoms with Crippen LogP contribution in [0.5, 0.6) is 11.5 Å². The molecule has 1 fully saturated rings. The van der Waals surface area contributed by atoms with Crippen molar-refractivity contribution in [1.82, 2.24) is 0 Å². The maximum absolute atomic E-state index is 11.7. The fourth-order valence-electron chi connectivity index (χ4n) is 2.31. The zero-order valence-corrected chi connectivity index (χ0v) is 10.3. The number of hydrogen-bond acceptors (Lipinski definition) is 6. The summed E-state index contributed by atoms with van der Waals surface area (Å²) < 4.78 is 20.4. The van der Waals surface area contributed by atoms with Crippen LogP contribution in [0.25, 0.3) is 0 Å². The minimum Gasteiger partial charge on any atom is -0.469 e. The highest BCUT2D eigenvalue weighted by Gasteiger charge is 2.42. The Labute approximate surface area is 109 Å². The number of fused-ring (bicyclic) bond motifs is 1. The molecule has 1 saturated heterocycles. The van der Waals surface area contributed by atoms with Gasteiger partial charge in [-0.2, -0.15) is 0 Å². The van der Waals surface area contributed by atoms with Crippen LogP contribution >= 0.6 is 0 Å². The van der Waals surface area contributed by atoms with E-state index in [0.29, 0.717) is 17.1 Å². The lowest BCUT2D eigenvalue weighted by Gasteiger charge is -2.16. The van der Waals surface area contributed by atoms with Crippen LogP contribution < -0.4 is 9.47 Å². The van der Waals surface area contributed by atoms with E-state index < -0.39 is 24.0 Å². The highest BCUT2D eigenvalue weighted by molar-refractivity contribution is 5.83. The summed E-state index contributed by atoms with van der Waals surface area (Å²) in [6.45, 7) is 0.170. The molecule has 0 amide bonds. The zero-order valence-electron chi connectivity index (χ0n) is 10.3. The Morgan fingerprint density at radius 3 is 2.89 bits per heavy atom. The first kappa shape index (κ1) is 11.8. The lowest BCUT2D eigenvalue weighted by atomic mass is 9.95. The summed E-state index contributed by atoms with van der Waals surface area (Å²) in [6.07, 6.45) is -0.597. The SMILES string of the molecule is COC(=O)[C@H]1CC(=O)O[C@@H]1c1ccc2c(c1)OCO2. The van der Waals surface area contributed by atoms with Gasteiger partial charge in [0.15, 0.2) is 11.5 Å². The second-order valence-electron chi connectivity index (χ2n) is 4.36. The fourth-order valence-corrected chi connectivity index (χ4v) is 2.31. The third-order valence-electron chi connectivity index (χ3n) is 3.24. The lowest BCUT2D eigenvalue weighted by Crippen LogP contribution is -2.19. The molecule has 0 unspecified atom stereocenters. The van der Waals surface area contributed by atoms with Gasteiger partial charge in [-0.15, -0.1) is 0 Å². The van der Waals surface area contributed by atoms with E-state index in [1.165, 1.54) is 7.11 Å². The van der Waals surface area contributed by atoms with Gasteiger partial charge in [0.1, 0.15) is 12.0 Å². The van der Waals surface area contributed by atoms with Gasteiger partial charge in [0.05, 0.1) is 13.5 Å². The number of carbonyl (C=O) groups excluding carboxylic acids is 2. The predicted octanol–water partition coefficient (Wildman–Crippen LogP) is 1.19. The summed E-state index contributed by atoms with van der Waals surface area (Å²) in [5.74, 6) is -0.240. The van der Waals surface area contributed by atoms with Crippen LogP contribution in [0, 0.1) is 5.92 Å². The van der Waals surface area contributed by atoms with E-state index in [2.05, 4.69) is 0 Å². The highest BCUT2D eigenvalue weighted by atomic mass is 16.7. The number of carbonyl (C=O) groups is 2. The van der Waals surface area contributed by atoms with Crippen molar-refractivity contribution in [3.8, 4) is 11.5 Å². The molecule has 19 heavy (non-hydrogen) atoms. The number of ether oxygens (including phenoxy) is 4. The topological polar surface area (TPSA) is 71.1 Å². The van der Waals surface area contributed by atoms with Gasteiger partial charge in [-0.05, 0) is 17.7 Å². The average molecular weight is 264 g/mol. The Hall–Kier alpha value is -2.24. The number of methoxy groups -OCH3 is 1. The van der Waals surface area contributed by atoms with Crippen molar-refractivity contribution in [3.05, 3.63) is 23.8 Å². The van der Waals surface area contributed by atoms with E-state index in [-0.39, 0.29) is 13.2 Å². The number of hydrogen-bond donors (Lipinski definition) is 0. The Kier molecular flexibility index (Phi) is 2.77. The molecule has 0 spiro atoms. The Morgan fingerprint density at radius 1 is 1.32 bits per heavy atom. The zero-order chi connectivity index (χ0) is 13.4. The minimum absolute atomic E-state index is 0.0335. The predicted molar refractivity (Wildman–Crippen MR) is 61.5 cm³/mol. The molecule has 100 valence electrons. The molecule has 0 bridgehead atoms. The third-order valence-corrected chi connectivity index (χ3v) is 3.24. The molecule has 0 aliphatic carbocycles. The van der Waals surface area contributed by atoms with E-state index in [0.717, 1.165) is 0 Å². The fraction of sp³-hybridized carbons (Fsp3) is 0.385. The lowest BCUT2D eigenvalue weighted by molar-refractivity contribution is -0.147. The molecule has 0 aromatic heterocycles. The molecule has 2 heterocycles. The Morgan fingerprint density at radius 2 is 2.11 bits per heavy atom. The van der Waals surface area contributed by atoms with Crippen molar-refractivity contribution in [2.75, 3.05) is 13.9 Å². The average Bonchev–Trinajstić information content (AvgIpc) is 3.02. The van der Waals surface area contributed by atoms with E-state index in [1.807, 2.05) is 0 Å². The van der Waals surface area contributed by atoms with Crippen LogP contribution in [-0.2, 0) is 19.1 Å². The third kappa shape index (κ3) is 1.99. The van der Waals surface area contributed by atoms with E-state index >= 15 is 0 Å². The van der Waals surface area contributed by atoms with Crippen molar-refractivity contribution < 1.29 is 28.5 Å². The van der Waals surface area contributed by atoms with E-state index in [4.69, 9.17) is 18.9 Å². The van der Waals surface area contributed by atoms with Crippen LogP contribution in [0.1, 0.15) is 18.1 Å². The van der Waals surface area contributed by atoms with Gasteiger partial charge in [-0.3, -0.25) is 9.59 Å². The van der Waals surface area contributed by atoms with Gasteiger partial charge in [0, 0.05) is 0 Å². The molecular weight excluding hydrogens is 252 g/mol. The van der Waals surface area contributed by atoms with Gasteiger partial charge in [-0.25, -0.2) is 0 Å². The Balaban J connectivity index is 1.91. The summed E-state index contributed by atoms with van der Waals surface area (Å²) in [6, 6.07) is 5.21. The quantitative estimate of drug-likeness (QED) is 0.747. The molecule has 2 aliphatic heterocycles. The highest BCUT2D eigenvalue weighted by Crippen LogP contribution is 2.40. The minimum atomic E-state index is -0.630. The van der Waals surface area contributed by atoms with Crippen molar-refractivity contribution in [2.24, 2.45) is 5.92 Å². The molecule has 6 nitrogen and oxygen atoms in total. The van der Waals surface area contributed by atoms with Crippen LogP contribution in [-0.4, -0.2) is 25.8 Å². The maximum Gasteiger partial charge on any atom is 0.313 e. The summed E-state index contributed by atoms with van der Waals surface area (Å²) in [7, 11) is 1.29. The molecule has 2 atom stereocenters. The summed E-state index contributed by atoms with van der Waals surface area (Å²) in [4.78, 5) is 23.1. The first-order valence-electron chi connectivity index (χ1n) is 5.86. The van der Waals surface area contributed by atoms with Gasteiger partial charge < -0.3 is 18.9 Å². The first-order chi connectivity index (χ1) is 9.19.